The highest BCUT2D eigenvalue weighted by molar-refractivity contribution is 14.1. The zero-order valence-electron chi connectivity index (χ0n) is 8.28. The number of rotatable bonds is 1. The van der Waals surface area contributed by atoms with E-state index in [0.29, 0.717) is 18.0 Å². The maximum Gasteiger partial charge on any atom is 0.228 e. The predicted octanol–water partition coefficient (Wildman–Crippen LogP) is 2.33. The zero-order valence-corrected chi connectivity index (χ0v) is 11.2. The summed E-state index contributed by atoms with van der Waals surface area (Å²) >= 11 is 8.17. The van der Waals surface area contributed by atoms with Crippen LogP contribution in [-0.2, 0) is 4.79 Å². The number of carbonyl (C=O) groups excluding carboxylic acids is 1. The SMILES string of the molecule is C#CC1CC(=O)N(c2c(Cl)cncc2I)C1. The summed E-state index contributed by atoms with van der Waals surface area (Å²) < 4.78 is 0.858. The van der Waals surface area contributed by atoms with Gasteiger partial charge in [0.2, 0.25) is 5.91 Å². The zero-order chi connectivity index (χ0) is 11.7. The number of hydrogen-bond acceptors (Lipinski definition) is 2. The normalized spacial score (nSPS) is 19.9. The third-order valence-electron chi connectivity index (χ3n) is 2.46. The Hall–Kier alpha value is -0.800. The Morgan fingerprint density at radius 2 is 2.38 bits per heavy atom. The van der Waals surface area contributed by atoms with Crippen LogP contribution in [0.1, 0.15) is 6.42 Å². The van der Waals surface area contributed by atoms with E-state index >= 15 is 0 Å². The summed E-state index contributed by atoms with van der Waals surface area (Å²) in [5.41, 5.74) is 0.722. The van der Waals surface area contributed by atoms with Crippen LogP contribution in [0.5, 0.6) is 0 Å². The Bertz CT molecular complexity index is 463. The van der Waals surface area contributed by atoms with Gasteiger partial charge in [-0.2, -0.15) is 0 Å². The number of amides is 1. The third-order valence-corrected chi connectivity index (χ3v) is 3.52. The van der Waals surface area contributed by atoms with Crippen molar-refractivity contribution in [2.75, 3.05) is 11.4 Å². The average Bonchev–Trinajstić information content (AvgIpc) is 2.60. The molecule has 0 bridgehead atoms. The number of nitrogens with zero attached hydrogens (tertiary/aromatic N) is 2. The van der Waals surface area contributed by atoms with E-state index in [1.54, 1.807) is 11.1 Å². The number of hydrogen-bond donors (Lipinski definition) is 0. The molecule has 1 atom stereocenters. The van der Waals surface area contributed by atoms with Gasteiger partial charge in [-0.25, -0.2) is 0 Å². The molecule has 0 spiro atoms. The van der Waals surface area contributed by atoms with Crippen molar-refractivity contribution in [1.82, 2.24) is 4.98 Å². The highest BCUT2D eigenvalue weighted by Crippen LogP contribution is 2.34. The largest absolute Gasteiger partial charge is 0.309 e. The van der Waals surface area contributed by atoms with Gasteiger partial charge in [-0.15, -0.1) is 12.3 Å². The molecule has 1 saturated heterocycles. The summed E-state index contributed by atoms with van der Waals surface area (Å²) in [6, 6.07) is 0. The van der Waals surface area contributed by atoms with Gasteiger partial charge in [-0.3, -0.25) is 9.78 Å². The lowest BCUT2D eigenvalue weighted by atomic mass is 10.1. The Balaban J connectivity index is 2.39. The topological polar surface area (TPSA) is 33.2 Å². The molecule has 0 radical (unpaired) electrons. The van der Waals surface area contributed by atoms with Crippen LogP contribution in [0.25, 0.3) is 0 Å². The van der Waals surface area contributed by atoms with Crippen LogP contribution < -0.4 is 4.90 Å². The van der Waals surface area contributed by atoms with Crippen molar-refractivity contribution in [3.8, 4) is 12.3 Å². The lowest BCUT2D eigenvalue weighted by Gasteiger charge is -2.18. The summed E-state index contributed by atoms with van der Waals surface area (Å²) in [5, 5.41) is 0.484. The Labute approximate surface area is 112 Å². The van der Waals surface area contributed by atoms with Crippen LogP contribution in [0.3, 0.4) is 0 Å². The van der Waals surface area contributed by atoms with Crippen LogP contribution in [0.4, 0.5) is 5.69 Å². The first-order chi connectivity index (χ1) is 7.63. The summed E-state index contributed by atoms with van der Waals surface area (Å²) in [5.74, 6) is 2.61. The summed E-state index contributed by atoms with van der Waals surface area (Å²) in [6.07, 6.45) is 8.95. The molecular formula is C11H8ClIN2O. The number of carbonyl (C=O) groups is 1. The van der Waals surface area contributed by atoms with Crippen LogP contribution in [-0.4, -0.2) is 17.4 Å². The second-order valence-corrected chi connectivity index (χ2v) is 5.09. The van der Waals surface area contributed by atoms with Crippen molar-refractivity contribution in [3.63, 3.8) is 0 Å². The third kappa shape index (κ3) is 2.02. The molecule has 1 fully saturated rings. The van der Waals surface area contributed by atoms with E-state index < -0.39 is 0 Å². The van der Waals surface area contributed by atoms with E-state index in [4.69, 9.17) is 18.0 Å². The van der Waals surface area contributed by atoms with Crippen molar-refractivity contribution in [1.29, 1.82) is 0 Å². The van der Waals surface area contributed by atoms with Gasteiger partial charge < -0.3 is 4.90 Å². The highest BCUT2D eigenvalue weighted by Gasteiger charge is 2.31. The second kappa shape index (κ2) is 4.60. The Morgan fingerprint density at radius 1 is 1.62 bits per heavy atom. The molecular weight excluding hydrogens is 338 g/mol. The predicted molar refractivity (Wildman–Crippen MR) is 71.3 cm³/mol. The molecule has 0 aromatic carbocycles. The maximum atomic E-state index is 11.8. The standard InChI is InChI=1S/C11H8ClIN2O/c1-2-7-3-10(16)15(6-7)11-8(12)4-14-5-9(11)13/h1,4-5,7H,3,6H2. The van der Waals surface area contributed by atoms with Crippen LogP contribution in [0.15, 0.2) is 12.4 Å². The van der Waals surface area contributed by atoms with Crippen molar-refractivity contribution < 1.29 is 4.79 Å². The molecule has 0 N–H and O–H groups in total. The minimum absolute atomic E-state index is 0.0208. The quantitative estimate of drug-likeness (QED) is 0.578. The Kier molecular flexibility index (Phi) is 3.36. The van der Waals surface area contributed by atoms with E-state index in [2.05, 4.69) is 33.5 Å². The summed E-state index contributed by atoms with van der Waals surface area (Å²) in [6.45, 7) is 0.537. The second-order valence-electron chi connectivity index (χ2n) is 3.52. The number of aromatic nitrogens is 1. The molecule has 3 nitrogen and oxygen atoms in total. The monoisotopic (exact) mass is 346 g/mol. The molecule has 1 unspecified atom stereocenters. The van der Waals surface area contributed by atoms with E-state index in [1.807, 2.05) is 0 Å². The van der Waals surface area contributed by atoms with Crippen molar-refractivity contribution in [3.05, 3.63) is 21.0 Å². The van der Waals surface area contributed by atoms with Crippen LogP contribution in [0, 0.1) is 21.8 Å². The number of terminal acetylenes is 1. The fourth-order valence-corrected chi connectivity index (χ4v) is 2.86. The molecule has 1 aromatic heterocycles. The van der Waals surface area contributed by atoms with Crippen molar-refractivity contribution in [2.24, 2.45) is 5.92 Å². The fraction of sp³-hybridized carbons (Fsp3) is 0.273. The van der Waals surface area contributed by atoms with Crippen LogP contribution >= 0.6 is 34.2 Å². The van der Waals surface area contributed by atoms with E-state index in [-0.39, 0.29) is 11.8 Å². The molecule has 0 saturated carbocycles. The van der Waals surface area contributed by atoms with Crippen molar-refractivity contribution >= 4 is 45.8 Å². The van der Waals surface area contributed by atoms with Gasteiger partial charge in [0.15, 0.2) is 0 Å². The lowest BCUT2D eigenvalue weighted by Crippen LogP contribution is -2.25. The molecule has 2 rings (SSSR count). The molecule has 1 aliphatic heterocycles. The molecule has 0 aliphatic carbocycles. The first kappa shape index (κ1) is 11.7. The average molecular weight is 347 g/mol. The van der Waals surface area contributed by atoms with E-state index in [1.165, 1.54) is 6.20 Å². The fourth-order valence-electron chi connectivity index (χ4n) is 1.70. The molecule has 16 heavy (non-hydrogen) atoms. The van der Waals surface area contributed by atoms with Crippen molar-refractivity contribution in [2.45, 2.75) is 6.42 Å². The van der Waals surface area contributed by atoms with Gasteiger partial charge in [-0.1, -0.05) is 11.6 Å². The molecule has 1 aliphatic rings. The summed E-state index contributed by atoms with van der Waals surface area (Å²) in [4.78, 5) is 17.4. The van der Waals surface area contributed by atoms with Gasteiger partial charge in [0.1, 0.15) is 0 Å². The number of anilines is 1. The summed E-state index contributed by atoms with van der Waals surface area (Å²) in [7, 11) is 0. The molecule has 82 valence electrons. The van der Waals surface area contributed by atoms with Gasteiger partial charge in [0, 0.05) is 31.3 Å². The highest BCUT2D eigenvalue weighted by atomic mass is 127. The first-order valence-corrected chi connectivity index (χ1v) is 6.14. The minimum atomic E-state index is -0.0208. The van der Waals surface area contributed by atoms with Gasteiger partial charge in [-0.05, 0) is 22.6 Å². The number of halogens is 2. The smallest absolute Gasteiger partial charge is 0.228 e. The molecule has 1 aromatic rings. The maximum absolute atomic E-state index is 11.8. The Morgan fingerprint density at radius 3 is 2.94 bits per heavy atom. The van der Waals surface area contributed by atoms with E-state index in [0.717, 1.165) is 9.26 Å². The van der Waals surface area contributed by atoms with Gasteiger partial charge in [0.25, 0.3) is 0 Å². The minimum Gasteiger partial charge on any atom is -0.309 e. The van der Waals surface area contributed by atoms with Gasteiger partial charge >= 0.3 is 0 Å². The molecule has 1 amide bonds. The molecule has 5 heteroatoms. The van der Waals surface area contributed by atoms with E-state index in [9.17, 15) is 4.79 Å². The lowest BCUT2D eigenvalue weighted by molar-refractivity contribution is -0.117. The number of pyridine rings is 1. The molecule has 2 heterocycles. The first-order valence-electron chi connectivity index (χ1n) is 4.69. The van der Waals surface area contributed by atoms with Gasteiger partial charge in [0.05, 0.1) is 14.3 Å². The van der Waals surface area contributed by atoms with Crippen LogP contribution in [0.2, 0.25) is 5.02 Å².